The van der Waals surface area contributed by atoms with Gasteiger partial charge in [0, 0.05) is 11.8 Å². The van der Waals surface area contributed by atoms with E-state index in [4.69, 9.17) is 23.1 Å². The first kappa shape index (κ1) is 30.4. The summed E-state index contributed by atoms with van der Waals surface area (Å²) in [5, 5.41) is 9.83. The van der Waals surface area contributed by atoms with E-state index in [0.29, 0.717) is 6.61 Å². The molecule has 0 amide bonds. The third-order valence-electron chi connectivity index (χ3n) is 8.75. The minimum atomic E-state index is -2.10. The molecule has 34 heavy (non-hydrogen) atoms. The molecule has 2 fully saturated rings. The van der Waals surface area contributed by atoms with Crippen LogP contribution >= 0.6 is 0 Å². The van der Waals surface area contributed by atoms with E-state index in [1.807, 2.05) is 13.8 Å². The first-order chi connectivity index (χ1) is 15.1. The minimum Gasteiger partial charge on any atom is -0.413 e. The van der Waals surface area contributed by atoms with Crippen molar-refractivity contribution < 1.29 is 28.2 Å². The third kappa shape index (κ3) is 6.94. The van der Waals surface area contributed by atoms with E-state index in [-0.39, 0.29) is 59.0 Å². The Morgan fingerprint density at radius 3 is 1.82 bits per heavy atom. The van der Waals surface area contributed by atoms with Gasteiger partial charge in [-0.25, -0.2) is 0 Å². The van der Waals surface area contributed by atoms with Crippen molar-refractivity contribution in [2.24, 2.45) is 11.8 Å². The van der Waals surface area contributed by atoms with Gasteiger partial charge in [0.25, 0.3) is 0 Å². The maximum absolute atomic E-state index is 9.68. The molecule has 2 rings (SSSR count). The fourth-order valence-electron chi connectivity index (χ4n) is 4.27. The van der Waals surface area contributed by atoms with Crippen LogP contribution in [0, 0.1) is 11.8 Å². The van der Waals surface area contributed by atoms with Gasteiger partial charge in [0.05, 0.1) is 31.5 Å². The van der Waals surface area contributed by atoms with Crippen molar-refractivity contribution in [1.29, 1.82) is 0 Å². The van der Waals surface area contributed by atoms with Crippen molar-refractivity contribution in [1.82, 2.24) is 0 Å². The topological polar surface area (TPSA) is 69.7 Å². The molecule has 2 aliphatic heterocycles. The molecule has 0 radical (unpaired) electrons. The highest BCUT2D eigenvalue weighted by atomic mass is 28.4. The van der Waals surface area contributed by atoms with Crippen molar-refractivity contribution in [3.05, 3.63) is 0 Å². The highest BCUT2D eigenvalue weighted by Crippen LogP contribution is 2.45. The summed E-state index contributed by atoms with van der Waals surface area (Å²) < 4.78 is 32.5. The minimum absolute atomic E-state index is 0.00734. The molecule has 2 aliphatic rings. The molecule has 1 N–H and O–H groups in total. The average molecular weight is 519 g/mol. The van der Waals surface area contributed by atoms with Crippen LogP contribution in [0.15, 0.2) is 0 Å². The molecule has 2 heterocycles. The van der Waals surface area contributed by atoms with Gasteiger partial charge in [-0.1, -0.05) is 55.4 Å². The lowest BCUT2D eigenvalue weighted by Crippen LogP contribution is -2.56. The molecular weight excluding hydrogens is 464 g/mol. The molecule has 0 saturated carbocycles. The summed E-state index contributed by atoms with van der Waals surface area (Å²) in [6, 6.07) is 0. The highest BCUT2D eigenvalue weighted by molar-refractivity contribution is 6.74. The second kappa shape index (κ2) is 10.2. The molecule has 202 valence electrons. The Bertz CT molecular complexity index is 682. The number of aliphatic hydroxyl groups excluding tert-OH is 1. The molecule has 2 saturated heterocycles. The summed E-state index contributed by atoms with van der Waals surface area (Å²) in [7, 11) is -4.19. The average Bonchev–Trinajstić information content (AvgIpc) is 3.36. The van der Waals surface area contributed by atoms with Crippen LogP contribution in [0.5, 0.6) is 0 Å². The van der Waals surface area contributed by atoms with Gasteiger partial charge in [0.2, 0.25) is 0 Å². The van der Waals surface area contributed by atoms with Crippen LogP contribution in [0.25, 0.3) is 0 Å². The maximum atomic E-state index is 9.68. The van der Waals surface area contributed by atoms with Gasteiger partial charge in [0.1, 0.15) is 12.2 Å². The standard InChI is InChI=1S/C26H54O6Si2/c1-17(22-19(15-27)29-22)21(31-33(11,12)24(3,4)5)18(2)23(20-16-28-26(9,10)30-20)32-34(13,14)25(6,7)8/h17-23,27H,15-16H2,1-14H3/t17-,18-,19+,20+,21+,22+,23-/m0/s1. The second-order valence-corrected chi connectivity index (χ2v) is 23.6. The molecule has 8 heteroatoms. The van der Waals surface area contributed by atoms with E-state index in [0.717, 1.165) is 0 Å². The number of aliphatic hydroxyl groups is 1. The third-order valence-corrected chi connectivity index (χ3v) is 17.7. The van der Waals surface area contributed by atoms with Crippen molar-refractivity contribution in [2.75, 3.05) is 13.2 Å². The van der Waals surface area contributed by atoms with Gasteiger partial charge in [-0.05, 0) is 50.1 Å². The molecule has 0 aromatic rings. The molecule has 7 atom stereocenters. The molecular formula is C26H54O6Si2. The quantitative estimate of drug-likeness (QED) is 0.285. The van der Waals surface area contributed by atoms with E-state index in [2.05, 4.69) is 81.6 Å². The number of ether oxygens (including phenoxy) is 3. The molecule has 0 bridgehead atoms. The van der Waals surface area contributed by atoms with Gasteiger partial charge in [-0.2, -0.15) is 0 Å². The first-order valence-corrected chi connectivity index (χ1v) is 18.9. The van der Waals surface area contributed by atoms with E-state index in [9.17, 15) is 5.11 Å². The summed E-state index contributed by atoms with van der Waals surface area (Å²) in [5.41, 5.74) is 0. The van der Waals surface area contributed by atoms with Crippen LogP contribution in [-0.4, -0.2) is 71.3 Å². The van der Waals surface area contributed by atoms with Gasteiger partial charge in [0.15, 0.2) is 22.4 Å². The van der Waals surface area contributed by atoms with Gasteiger partial charge in [-0.15, -0.1) is 0 Å². The Labute approximate surface area is 211 Å². The van der Waals surface area contributed by atoms with Crippen molar-refractivity contribution in [3.63, 3.8) is 0 Å². The summed E-state index contributed by atoms with van der Waals surface area (Å²) in [6.45, 7) is 31.8. The Kier molecular flexibility index (Phi) is 9.09. The van der Waals surface area contributed by atoms with Crippen LogP contribution in [0.1, 0.15) is 69.2 Å². The van der Waals surface area contributed by atoms with Crippen LogP contribution in [-0.2, 0) is 23.1 Å². The molecule has 0 unspecified atom stereocenters. The molecule has 0 aromatic carbocycles. The summed E-state index contributed by atoms with van der Waals surface area (Å²) in [5.74, 6) is -0.436. The van der Waals surface area contributed by atoms with E-state index >= 15 is 0 Å². The fourth-order valence-corrected chi connectivity index (χ4v) is 7.13. The smallest absolute Gasteiger partial charge is 0.192 e. The zero-order chi connectivity index (χ0) is 26.5. The number of epoxide rings is 1. The normalized spacial score (nSPS) is 29.6. The van der Waals surface area contributed by atoms with E-state index in [1.165, 1.54) is 0 Å². The maximum Gasteiger partial charge on any atom is 0.192 e. The van der Waals surface area contributed by atoms with Crippen LogP contribution in [0.2, 0.25) is 36.3 Å². The molecule has 0 aliphatic carbocycles. The lowest BCUT2D eigenvalue weighted by Gasteiger charge is -2.47. The van der Waals surface area contributed by atoms with Crippen molar-refractivity contribution >= 4 is 16.6 Å². The van der Waals surface area contributed by atoms with Crippen LogP contribution in [0.4, 0.5) is 0 Å². The van der Waals surface area contributed by atoms with Crippen LogP contribution in [0.3, 0.4) is 0 Å². The molecule has 6 nitrogen and oxygen atoms in total. The Morgan fingerprint density at radius 2 is 1.44 bits per heavy atom. The predicted molar refractivity (Wildman–Crippen MR) is 143 cm³/mol. The monoisotopic (exact) mass is 518 g/mol. The van der Waals surface area contributed by atoms with Crippen molar-refractivity contribution in [3.8, 4) is 0 Å². The zero-order valence-electron chi connectivity index (χ0n) is 24.4. The summed E-state index contributed by atoms with van der Waals surface area (Å²) in [4.78, 5) is 0. The second-order valence-electron chi connectivity index (χ2n) is 14.1. The van der Waals surface area contributed by atoms with E-state index in [1.54, 1.807) is 0 Å². The number of hydrogen-bond acceptors (Lipinski definition) is 6. The Hall–Kier alpha value is 0.194. The summed E-state index contributed by atoms with van der Waals surface area (Å²) in [6.07, 6.45) is -0.494. The summed E-state index contributed by atoms with van der Waals surface area (Å²) >= 11 is 0. The molecule has 0 spiro atoms. The fraction of sp³-hybridized carbons (Fsp3) is 1.00. The number of rotatable bonds is 10. The lowest BCUT2D eigenvalue weighted by molar-refractivity contribution is -0.157. The Morgan fingerprint density at radius 1 is 0.941 bits per heavy atom. The van der Waals surface area contributed by atoms with Crippen LogP contribution < -0.4 is 0 Å². The highest BCUT2D eigenvalue weighted by Gasteiger charge is 2.53. The first-order valence-electron chi connectivity index (χ1n) is 13.1. The van der Waals surface area contributed by atoms with Crippen molar-refractivity contribution in [2.45, 2.75) is 142 Å². The largest absolute Gasteiger partial charge is 0.413 e. The predicted octanol–water partition coefficient (Wildman–Crippen LogP) is 5.95. The molecule has 0 aromatic heterocycles. The van der Waals surface area contributed by atoms with Gasteiger partial charge < -0.3 is 28.2 Å². The van der Waals surface area contributed by atoms with E-state index < -0.39 is 22.4 Å². The van der Waals surface area contributed by atoms with Gasteiger partial charge in [-0.3, -0.25) is 0 Å². The lowest BCUT2D eigenvalue weighted by atomic mass is 9.85. The Balaban J connectivity index is 2.44. The SMILES string of the molecule is C[C@@H]([C@@H](O[Si](C)(C)C(C)(C)C)[C@H](C)[C@H](O[Si](C)(C)C(C)(C)C)[C@H]1COC(C)(C)O1)[C@H]1O[C@@H]1CO. The van der Waals surface area contributed by atoms with Gasteiger partial charge >= 0.3 is 0 Å². The zero-order valence-corrected chi connectivity index (χ0v) is 26.4. The number of hydrogen-bond donors (Lipinski definition) is 1.